The highest BCUT2D eigenvalue weighted by atomic mass is 16.7. The fourth-order valence-corrected chi connectivity index (χ4v) is 4.88. The van der Waals surface area contributed by atoms with Crippen molar-refractivity contribution in [1.29, 1.82) is 0 Å². The van der Waals surface area contributed by atoms with E-state index in [9.17, 15) is 9.59 Å². The molecule has 7 heteroatoms. The van der Waals surface area contributed by atoms with Crippen molar-refractivity contribution in [2.45, 2.75) is 19.3 Å². The summed E-state index contributed by atoms with van der Waals surface area (Å²) in [5, 5.41) is 0.595. The predicted octanol–water partition coefficient (Wildman–Crippen LogP) is 4.95. The van der Waals surface area contributed by atoms with Gasteiger partial charge in [-0.05, 0) is 41.8 Å². The standard InChI is InChI=1S/C27H20O7/c1-14-8-19-25(17(11-22(28)33-19)15-6-4-3-5-7-15)27-24(14)18(12-23(29)34-27)16-9-20(30-2)26-21(10-16)31-13-32-26/h3-11,18H,12-13H2,1-2H3. The summed E-state index contributed by atoms with van der Waals surface area (Å²) < 4.78 is 28.0. The van der Waals surface area contributed by atoms with Crippen LogP contribution in [0, 0.1) is 6.92 Å². The van der Waals surface area contributed by atoms with Crippen LogP contribution in [0.2, 0.25) is 0 Å². The minimum Gasteiger partial charge on any atom is -0.493 e. The van der Waals surface area contributed by atoms with Crippen LogP contribution in [0.15, 0.2) is 63.8 Å². The molecule has 2 aliphatic heterocycles. The Kier molecular flexibility index (Phi) is 4.58. The fraction of sp³-hybridized carbons (Fsp3) is 0.185. The maximum Gasteiger partial charge on any atom is 0.336 e. The van der Waals surface area contributed by atoms with Crippen molar-refractivity contribution in [1.82, 2.24) is 0 Å². The summed E-state index contributed by atoms with van der Waals surface area (Å²) >= 11 is 0. The first-order valence-electron chi connectivity index (χ1n) is 10.9. The zero-order chi connectivity index (χ0) is 23.4. The van der Waals surface area contributed by atoms with E-state index in [4.69, 9.17) is 23.4 Å². The van der Waals surface area contributed by atoms with Gasteiger partial charge in [-0.2, -0.15) is 0 Å². The van der Waals surface area contributed by atoms with E-state index in [1.54, 1.807) is 7.11 Å². The van der Waals surface area contributed by atoms with Crippen LogP contribution in [0.5, 0.6) is 23.0 Å². The van der Waals surface area contributed by atoms with Gasteiger partial charge in [-0.15, -0.1) is 0 Å². The van der Waals surface area contributed by atoms with Gasteiger partial charge in [0, 0.05) is 23.1 Å². The number of aryl methyl sites for hydroxylation is 1. The minimum atomic E-state index is -0.468. The Morgan fingerprint density at radius 1 is 0.971 bits per heavy atom. The predicted molar refractivity (Wildman–Crippen MR) is 124 cm³/mol. The molecule has 1 aromatic heterocycles. The molecule has 0 bridgehead atoms. The Hall–Kier alpha value is -4.26. The molecule has 1 atom stereocenters. The van der Waals surface area contributed by atoms with Crippen LogP contribution in [0.25, 0.3) is 22.1 Å². The van der Waals surface area contributed by atoms with E-state index < -0.39 is 5.63 Å². The van der Waals surface area contributed by atoms with Gasteiger partial charge in [0.25, 0.3) is 0 Å². The third-order valence-electron chi connectivity index (χ3n) is 6.34. The van der Waals surface area contributed by atoms with Gasteiger partial charge in [-0.3, -0.25) is 4.79 Å². The Morgan fingerprint density at radius 3 is 2.59 bits per heavy atom. The van der Waals surface area contributed by atoms with Gasteiger partial charge in [-0.1, -0.05) is 30.3 Å². The molecule has 0 aliphatic carbocycles. The lowest BCUT2D eigenvalue weighted by Gasteiger charge is -2.28. The second-order valence-corrected chi connectivity index (χ2v) is 8.34. The van der Waals surface area contributed by atoms with Crippen molar-refractivity contribution < 1.29 is 28.2 Å². The fourth-order valence-electron chi connectivity index (χ4n) is 4.88. The molecular weight excluding hydrogens is 436 g/mol. The van der Waals surface area contributed by atoms with Crippen molar-refractivity contribution in [3.63, 3.8) is 0 Å². The summed E-state index contributed by atoms with van der Waals surface area (Å²) in [6.45, 7) is 2.03. The van der Waals surface area contributed by atoms with E-state index in [-0.39, 0.29) is 25.1 Å². The highest BCUT2D eigenvalue weighted by Crippen LogP contribution is 2.50. The van der Waals surface area contributed by atoms with Crippen LogP contribution >= 0.6 is 0 Å². The largest absolute Gasteiger partial charge is 0.493 e. The van der Waals surface area contributed by atoms with Gasteiger partial charge in [-0.25, -0.2) is 4.79 Å². The van der Waals surface area contributed by atoms with Crippen LogP contribution < -0.4 is 24.6 Å². The molecule has 3 heterocycles. The third kappa shape index (κ3) is 3.12. The second-order valence-electron chi connectivity index (χ2n) is 8.34. The molecule has 0 amide bonds. The zero-order valence-electron chi connectivity index (χ0n) is 18.5. The molecule has 2 aliphatic rings. The van der Waals surface area contributed by atoms with Gasteiger partial charge in [0.2, 0.25) is 12.5 Å². The lowest BCUT2D eigenvalue weighted by molar-refractivity contribution is -0.135. The first-order chi connectivity index (χ1) is 16.5. The molecular formula is C27H20O7. The maximum absolute atomic E-state index is 12.9. The van der Waals surface area contributed by atoms with Crippen molar-refractivity contribution in [2.24, 2.45) is 0 Å². The number of hydrogen-bond donors (Lipinski definition) is 0. The number of fused-ring (bicyclic) bond motifs is 4. The number of carbonyl (C=O) groups is 1. The number of carbonyl (C=O) groups excluding carboxylic acids is 1. The van der Waals surface area contributed by atoms with E-state index in [2.05, 4.69) is 0 Å². The topological polar surface area (TPSA) is 84.2 Å². The number of methoxy groups -OCH3 is 1. The minimum absolute atomic E-state index is 0.113. The summed E-state index contributed by atoms with van der Waals surface area (Å²) in [6, 6.07) is 16.5. The van der Waals surface area contributed by atoms with E-state index in [1.807, 2.05) is 55.5 Å². The molecule has 34 heavy (non-hydrogen) atoms. The monoisotopic (exact) mass is 456 g/mol. The molecule has 0 fully saturated rings. The van der Waals surface area contributed by atoms with Crippen molar-refractivity contribution in [2.75, 3.05) is 13.9 Å². The van der Waals surface area contributed by atoms with Crippen LogP contribution in [0.4, 0.5) is 0 Å². The van der Waals surface area contributed by atoms with Crippen LogP contribution in [0.1, 0.15) is 29.0 Å². The molecule has 0 spiro atoms. The van der Waals surface area contributed by atoms with Gasteiger partial charge in [0.15, 0.2) is 11.5 Å². The third-order valence-corrected chi connectivity index (χ3v) is 6.34. The molecule has 3 aromatic carbocycles. The van der Waals surface area contributed by atoms with Gasteiger partial charge < -0.3 is 23.4 Å². The molecule has 0 saturated heterocycles. The van der Waals surface area contributed by atoms with Crippen molar-refractivity contribution in [3.05, 3.63) is 81.7 Å². The van der Waals surface area contributed by atoms with E-state index >= 15 is 0 Å². The molecule has 4 aromatic rings. The summed E-state index contributed by atoms with van der Waals surface area (Å²) in [7, 11) is 1.57. The average molecular weight is 456 g/mol. The zero-order valence-corrected chi connectivity index (χ0v) is 18.5. The highest BCUT2D eigenvalue weighted by Gasteiger charge is 2.35. The normalized spacial score (nSPS) is 16.3. The van der Waals surface area contributed by atoms with Crippen LogP contribution in [-0.4, -0.2) is 19.9 Å². The molecule has 7 nitrogen and oxygen atoms in total. The van der Waals surface area contributed by atoms with E-state index in [0.29, 0.717) is 39.5 Å². The number of benzene rings is 3. The number of esters is 1. The van der Waals surface area contributed by atoms with Crippen LogP contribution in [-0.2, 0) is 4.79 Å². The summed E-state index contributed by atoms with van der Waals surface area (Å²) in [4.78, 5) is 25.2. The molecule has 0 saturated carbocycles. The molecule has 0 radical (unpaired) electrons. The summed E-state index contributed by atoms with van der Waals surface area (Å²) in [6.07, 6.45) is 0.152. The molecule has 0 N–H and O–H groups in total. The van der Waals surface area contributed by atoms with E-state index in [1.165, 1.54) is 6.07 Å². The molecule has 1 unspecified atom stereocenters. The first kappa shape index (κ1) is 20.4. The van der Waals surface area contributed by atoms with Gasteiger partial charge in [0.05, 0.1) is 18.9 Å². The Labute approximate surface area is 194 Å². The number of rotatable bonds is 3. The first-order valence-corrected chi connectivity index (χ1v) is 10.9. The number of ether oxygens (including phenoxy) is 4. The quantitative estimate of drug-likeness (QED) is 0.245. The number of hydrogen-bond acceptors (Lipinski definition) is 7. The summed E-state index contributed by atoms with van der Waals surface area (Å²) in [5.74, 6) is 1.40. The lowest BCUT2D eigenvalue weighted by Crippen LogP contribution is -2.22. The Morgan fingerprint density at radius 2 is 1.79 bits per heavy atom. The van der Waals surface area contributed by atoms with Gasteiger partial charge in [0.1, 0.15) is 11.3 Å². The lowest BCUT2D eigenvalue weighted by atomic mass is 9.82. The maximum atomic E-state index is 12.9. The van der Waals surface area contributed by atoms with Gasteiger partial charge >= 0.3 is 11.6 Å². The smallest absolute Gasteiger partial charge is 0.336 e. The summed E-state index contributed by atoms with van der Waals surface area (Å²) in [5.41, 5.74) is 3.95. The average Bonchev–Trinajstić information content (AvgIpc) is 3.31. The second kappa shape index (κ2) is 7.66. The molecule has 6 rings (SSSR count). The van der Waals surface area contributed by atoms with Crippen molar-refractivity contribution >= 4 is 16.9 Å². The molecule has 170 valence electrons. The Balaban J connectivity index is 1.64. The van der Waals surface area contributed by atoms with Crippen LogP contribution in [0.3, 0.4) is 0 Å². The SMILES string of the molecule is COc1cc(C2CC(=O)Oc3c2c(C)cc2oc(=O)cc(-c4ccccc4)c32)cc2c1OCO2. The highest BCUT2D eigenvalue weighted by molar-refractivity contribution is 6.01. The van der Waals surface area contributed by atoms with Crippen molar-refractivity contribution in [3.8, 4) is 34.1 Å². The Bertz CT molecular complexity index is 1520. The van der Waals surface area contributed by atoms with E-state index in [0.717, 1.165) is 22.3 Å².